The maximum atomic E-state index is 13.6. The number of anilines is 2. The Morgan fingerprint density at radius 2 is 1.86 bits per heavy atom. The van der Waals surface area contributed by atoms with Gasteiger partial charge in [-0.25, -0.2) is 4.39 Å². The first-order chi connectivity index (χ1) is 14.0. The van der Waals surface area contributed by atoms with Crippen molar-refractivity contribution in [1.82, 2.24) is 10.2 Å². The van der Waals surface area contributed by atoms with Crippen LogP contribution >= 0.6 is 11.8 Å². The quantitative estimate of drug-likeness (QED) is 0.576. The van der Waals surface area contributed by atoms with E-state index in [1.807, 2.05) is 0 Å². The van der Waals surface area contributed by atoms with Crippen molar-refractivity contribution in [2.45, 2.75) is 5.03 Å². The topological polar surface area (TPSA) is 93.2 Å². The van der Waals surface area contributed by atoms with Crippen LogP contribution in [-0.4, -0.2) is 34.9 Å². The van der Waals surface area contributed by atoms with Crippen molar-refractivity contribution in [3.8, 4) is 5.75 Å². The lowest BCUT2D eigenvalue weighted by Gasteiger charge is -2.07. The molecule has 2 aromatic carbocycles. The largest absolute Gasteiger partial charge is 0.497 e. The SMILES string of the molecule is COc1cccc(NC(=O)CSc2ccc(NC(=O)c3ccccc3F)nn2)c1. The number of benzene rings is 2. The highest BCUT2D eigenvalue weighted by atomic mass is 32.2. The molecule has 0 saturated heterocycles. The molecule has 0 aliphatic heterocycles. The lowest BCUT2D eigenvalue weighted by atomic mass is 10.2. The van der Waals surface area contributed by atoms with Crippen molar-refractivity contribution in [2.75, 3.05) is 23.5 Å². The van der Waals surface area contributed by atoms with Crippen molar-refractivity contribution < 1.29 is 18.7 Å². The zero-order valence-corrected chi connectivity index (χ0v) is 16.2. The molecular weight excluding hydrogens is 395 g/mol. The predicted octanol–water partition coefficient (Wildman–Crippen LogP) is 3.61. The zero-order valence-electron chi connectivity index (χ0n) is 15.4. The third-order valence-electron chi connectivity index (χ3n) is 3.70. The number of ether oxygens (including phenoxy) is 1. The Kier molecular flexibility index (Phi) is 6.75. The fourth-order valence-electron chi connectivity index (χ4n) is 2.33. The van der Waals surface area contributed by atoms with Crippen LogP contribution in [0.2, 0.25) is 0 Å². The van der Waals surface area contributed by atoms with Gasteiger partial charge in [0.25, 0.3) is 5.91 Å². The summed E-state index contributed by atoms with van der Waals surface area (Å²) in [6.07, 6.45) is 0. The second kappa shape index (κ2) is 9.65. The average Bonchev–Trinajstić information content (AvgIpc) is 2.73. The van der Waals surface area contributed by atoms with E-state index in [0.29, 0.717) is 16.5 Å². The van der Waals surface area contributed by atoms with Gasteiger partial charge < -0.3 is 15.4 Å². The number of nitrogens with zero attached hydrogens (tertiary/aromatic N) is 2. The van der Waals surface area contributed by atoms with E-state index in [-0.39, 0.29) is 23.0 Å². The van der Waals surface area contributed by atoms with Gasteiger partial charge >= 0.3 is 0 Å². The number of hydrogen-bond acceptors (Lipinski definition) is 6. The van der Waals surface area contributed by atoms with Gasteiger partial charge in [-0.15, -0.1) is 10.2 Å². The summed E-state index contributed by atoms with van der Waals surface area (Å²) in [5.74, 6) is -0.477. The summed E-state index contributed by atoms with van der Waals surface area (Å²) >= 11 is 1.19. The number of nitrogens with one attached hydrogen (secondary N) is 2. The van der Waals surface area contributed by atoms with E-state index in [1.54, 1.807) is 43.5 Å². The predicted molar refractivity (Wildman–Crippen MR) is 109 cm³/mol. The van der Waals surface area contributed by atoms with Gasteiger partial charge in [0, 0.05) is 11.8 Å². The molecule has 148 valence electrons. The molecule has 0 saturated carbocycles. The van der Waals surface area contributed by atoms with E-state index in [0.717, 1.165) is 0 Å². The maximum Gasteiger partial charge on any atom is 0.259 e. The lowest BCUT2D eigenvalue weighted by molar-refractivity contribution is -0.113. The van der Waals surface area contributed by atoms with Crippen molar-refractivity contribution >= 4 is 35.1 Å². The van der Waals surface area contributed by atoms with E-state index in [1.165, 1.54) is 36.0 Å². The summed E-state index contributed by atoms with van der Waals surface area (Å²) in [6, 6.07) is 15.9. The number of aromatic nitrogens is 2. The smallest absolute Gasteiger partial charge is 0.259 e. The molecule has 0 unspecified atom stereocenters. The molecule has 1 heterocycles. The van der Waals surface area contributed by atoms with Crippen molar-refractivity contribution in [2.24, 2.45) is 0 Å². The number of rotatable bonds is 7. The second-order valence-corrected chi connectivity index (χ2v) is 6.76. The van der Waals surface area contributed by atoms with Gasteiger partial charge in [0.2, 0.25) is 5.91 Å². The van der Waals surface area contributed by atoms with Crippen LogP contribution in [0.4, 0.5) is 15.9 Å². The molecule has 0 spiro atoms. The van der Waals surface area contributed by atoms with E-state index in [2.05, 4.69) is 20.8 Å². The Hall–Kier alpha value is -3.46. The Morgan fingerprint density at radius 1 is 1.03 bits per heavy atom. The zero-order chi connectivity index (χ0) is 20.6. The van der Waals surface area contributed by atoms with Gasteiger partial charge in [-0.2, -0.15) is 0 Å². The summed E-state index contributed by atoms with van der Waals surface area (Å²) in [4.78, 5) is 24.1. The summed E-state index contributed by atoms with van der Waals surface area (Å²) in [6.45, 7) is 0. The minimum atomic E-state index is -0.618. The minimum absolute atomic E-state index is 0.0815. The first kappa shape index (κ1) is 20.3. The number of carbonyl (C=O) groups excluding carboxylic acids is 2. The van der Waals surface area contributed by atoms with Crippen LogP contribution < -0.4 is 15.4 Å². The molecule has 0 aliphatic rings. The number of amides is 2. The van der Waals surface area contributed by atoms with Crippen LogP contribution in [0.5, 0.6) is 5.75 Å². The molecule has 2 N–H and O–H groups in total. The normalized spacial score (nSPS) is 10.3. The van der Waals surface area contributed by atoms with Crippen molar-refractivity contribution in [3.63, 3.8) is 0 Å². The van der Waals surface area contributed by atoms with Crippen LogP contribution in [0.15, 0.2) is 65.7 Å². The maximum absolute atomic E-state index is 13.6. The first-order valence-corrected chi connectivity index (χ1v) is 9.50. The van der Waals surface area contributed by atoms with Crippen molar-refractivity contribution in [1.29, 1.82) is 0 Å². The Balaban J connectivity index is 1.52. The molecule has 7 nitrogen and oxygen atoms in total. The van der Waals surface area contributed by atoms with Gasteiger partial charge in [-0.3, -0.25) is 9.59 Å². The molecule has 2 amide bonds. The van der Waals surface area contributed by atoms with Crippen LogP contribution in [-0.2, 0) is 4.79 Å². The molecule has 0 atom stereocenters. The molecule has 0 bridgehead atoms. The Labute approximate surface area is 170 Å². The Morgan fingerprint density at radius 3 is 2.59 bits per heavy atom. The minimum Gasteiger partial charge on any atom is -0.497 e. The van der Waals surface area contributed by atoms with Crippen LogP contribution in [0.3, 0.4) is 0 Å². The highest BCUT2D eigenvalue weighted by molar-refractivity contribution is 7.99. The van der Waals surface area contributed by atoms with Gasteiger partial charge in [0.05, 0.1) is 18.4 Å². The van der Waals surface area contributed by atoms with E-state index >= 15 is 0 Å². The third-order valence-corrected chi connectivity index (χ3v) is 4.62. The molecule has 3 rings (SSSR count). The number of hydrogen-bond donors (Lipinski definition) is 2. The lowest BCUT2D eigenvalue weighted by Crippen LogP contribution is -2.15. The highest BCUT2D eigenvalue weighted by Crippen LogP contribution is 2.19. The van der Waals surface area contributed by atoms with Crippen LogP contribution in [0, 0.1) is 5.82 Å². The third kappa shape index (κ3) is 5.76. The molecule has 9 heteroatoms. The first-order valence-electron chi connectivity index (χ1n) is 8.51. The summed E-state index contributed by atoms with van der Waals surface area (Å²) < 4.78 is 18.8. The van der Waals surface area contributed by atoms with Gasteiger partial charge in [0.15, 0.2) is 5.82 Å². The van der Waals surface area contributed by atoms with Gasteiger partial charge in [-0.05, 0) is 36.4 Å². The molecule has 0 radical (unpaired) electrons. The van der Waals surface area contributed by atoms with Gasteiger partial charge in [0.1, 0.15) is 16.6 Å². The molecule has 0 aliphatic carbocycles. The molecule has 1 aromatic heterocycles. The number of carbonyl (C=O) groups is 2. The molecule has 3 aromatic rings. The monoisotopic (exact) mass is 412 g/mol. The average molecular weight is 412 g/mol. The Bertz CT molecular complexity index is 1010. The van der Waals surface area contributed by atoms with E-state index < -0.39 is 11.7 Å². The van der Waals surface area contributed by atoms with E-state index in [4.69, 9.17) is 4.74 Å². The second-order valence-electron chi connectivity index (χ2n) is 5.76. The standard InChI is InChI=1S/C20H17FN4O3S/c1-28-14-6-4-5-13(11-14)22-18(26)12-29-19-10-9-17(24-25-19)23-20(27)15-7-2-3-8-16(15)21/h2-11H,12H2,1H3,(H,22,26)(H,23,24,27). The molecular formula is C20H17FN4O3S. The summed E-state index contributed by atoms with van der Waals surface area (Å²) in [5.41, 5.74) is 0.550. The fourth-order valence-corrected chi connectivity index (χ4v) is 2.94. The van der Waals surface area contributed by atoms with E-state index in [9.17, 15) is 14.0 Å². The highest BCUT2D eigenvalue weighted by Gasteiger charge is 2.12. The number of thioether (sulfide) groups is 1. The van der Waals surface area contributed by atoms with Crippen molar-refractivity contribution in [3.05, 3.63) is 72.0 Å². The summed E-state index contributed by atoms with van der Waals surface area (Å²) in [7, 11) is 1.55. The number of halogens is 1. The number of methoxy groups -OCH3 is 1. The van der Waals surface area contributed by atoms with Gasteiger partial charge in [-0.1, -0.05) is 30.0 Å². The van der Waals surface area contributed by atoms with Crippen LogP contribution in [0.1, 0.15) is 10.4 Å². The molecule has 29 heavy (non-hydrogen) atoms. The van der Waals surface area contributed by atoms with Crippen LogP contribution in [0.25, 0.3) is 0 Å². The summed E-state index contributed by atoms with van der Waals surface area (Å²) in [5, 5.41) is 13.6. The fraction of sp³-hybridized carbons (Fsp3) is 0.100. The molecule has 0 fully saturated rings.